The number of furan rings is 1. The van der Waals surface area contributed by atoms with E-state index in [0.29, 0.717) is 39.7 Å². The second-order valence-electron chi connectivity index (χ2n) is 6.58. The average Bonchev–Trinajstić information content (AvgIpc) is 3.28. The second-order valence-corrected chi connectivity index (χ2v) is 6.58. The van der Waals surface area contributed by atoms with E-state index < -0.39 is 5.97 Å². The van der Waals surface area contributed by atoms with Gasteiger partial charge in [0.05, 0.1) is 18.2 Å². The number of hydrogen-bond donors (Lipinski definition) is 0. The maximum atomic E-state index is 12.6. The minimum Gasteiger partial charge on any atom is -0.497 e. The molecule has 1 aliphatic heterocycles. The first-order chi connectivity index (χ1) is 14.0. The van der Waals surface area contributed by atoms with Gasteiger partial charge < -0.3 is 18.6 Å². The zero-order chi connectivity index (χ0) is 20.5. The number of fused-ring (bicyclic) bond motifs is 1. The lowest BCUT2D eigenvalue weighted by Gasteiger charge is -2.10. The molecule has 0 aliphatic carbocycles. The van der Waals surface area contributed by atoms with Crippen LogP contribution in [0.15, 0.2) is 58.7 Å². The van der Waals surface area contributed by atoms with E-state index in [1.165, 1.54) is 7.11 Å². The van der Waals surface area contributed by atoms with Gasteiger partial charge in [-0.1, -0.05) is 6.07 Å². The minimum atomic E-state index is -0.530. The Morgan fingerprint density at radius 3 is 2.62 bits per heavy atom. The molecule has 0 fully saturated rings. The molecule has 0 radical (unpaired) electrons. The van der Waals surface area contributed by atoms with Gasteiger partial charge in [-0.05, 0) is 56.3 Å². The molecule has 3 aromatic rings. The van der Waals surface area contributed by atoms with Crippen molar-refractivity contribution in [2.75, 3.05) is 7.11 Å². The second kappa shape index (κ2) is 7.31. The van der Waals surface area contributed by atoms with Crippen molar-refractivity contribution < 1.29 is 28.2 Å². The fourth-order valence-electron chi connectivity index (χ4n) is 3.05. The molecule has 146 valence electrons. The maximum absolute atomic E-state index is 12.6. The van der Waals surface area contributed by atoms with Crippen molar-refractivity contribution in [3.8, 4) is 17.2 Å². The number of ether oxygens (including phenoxy) is 3. The molecule has 29 heavy (non-hydrogen) atoms. The van der Waals surface area contributed by atoms with Crippen LogP contribution in [0.2, 0.25) is 0 Å². The molecular weight excluding hydrogens is 372 g/mol. The molecule has 0 bridgehead atoms. The standard InChI is InChI=1S/C23H18O6/c1-13-7-8-17(27-13)12-20-21(24)18-9-10-19(14(2)22(18)28-20)29-23(25)15-5-4-6-16(11-15)26-3/h4-12H,1-3H3/b20-12-. The van der Waals surface area contributed by atoms with Gasteiger partial charge in [-0.2, -0.15) is 0 Å². The van der Waals surface area contributed by atoms with E-state index in [9.17, 15) is 9.59 Å². The molecule has 1 aromatic heterocycles. The van der Waals surface area contributed by atoms with Crippen molar-refractivity contribution in [2.24, 2.45) is 0 Å². The molecule has 0 atom stereocenters. The van der Waals surface area contributed by atoms with Gasteiger partial charge in [-0.3, -0.25) is 4.79 Å². The largest absolute Gasteiger partial charge is 0.497 e. The van der Waals surface area contributed by atoms with E-state index in [4.69, 9.17) is 18.6 Å². The number of ketones is 1. The third kappa shape index (κ3) is 3.52. The number of carbonyl (C=O) groups is 2. The Balaban J connectivity index is 1.60. The van der Waals surface area contributed by atoms with Gasteiger partial charge in [0.25, 0.3) is 0 Å². The molecular formula is C23H18O6. The molecule has 6 nitrogen and oxygen atoms in total. The zero-order valence-corrected chi connectivity index (χ0v) is 16.1. The summed E-state index contributed by atoms with van der Waals surface area (Å²) < 4.78 is 21.9. The molecule has 4 rings (SSSR count). The van der Waals surface area contributed by atoms with Crippen molar-refractivity contribution in [1.82, 2.24) is 0 Å². The van der Waals surface area contributed by atoms with Gasteiger partial charge in [0, 0.05) is 11.6 Å². The summed E-state index contributed by atoms with van der Waals surface area (Å²) in [5.41, 5.74) is 1.33. The van der Waals surface area contributed by atoms with Gasteiger partial charge >= 0.3 is 5.97 Å². The van der Waals surface area contributed by atoms with Crippen LogP contribution in [-0.2, 0) is 0 Å². The van der Waals surface area contributed by atoms with E-state index in [2.05, 4.69) is 0 Å². The van der Waals surface area contributed by atoms with E-state index in [0.717, 1.165) is 5.76 Å². The summed E-state index contributed by atoms with van der Waals surface area (Å²) in [6, 6.07) is 13.4. The fourth-order valence-corrected chi connectivity index (χ4v) is 3.05. The average molecular weight is 390 g/mol. The van der Waals surface area contributed by atoms with E-state index >= 15 is 0 Å². The van der Waals surface area contributed by atoms with Crippen molar-refractivity contribution in [2.45, 2.75) is 13.8 Å². The highest BCUT2D eigenvalue weighted by Crippen LogP contribution is 2.39. The molecule has 0 spiro atoms. The Morgan fingerprint density at radius 2 is 1.90 bits per heavy atom. The number of methoxy groups -OCH3 is 1. The third-order valence-electron chi connectivity index (χ3n) is 4.58. The number of Topliss-reactive ketones (excluding diaryl/α,β-unsaturated/α-hetero) is 1. The summed E-state index contributed by atoms with van der Waals surface area (Å²) in [6.07, 6.45) is 1.55. The summed E-state index contributed by atoms with van der Waals surface area (Å²) >= 11 is 0. The molecule has 2 heterocycles. The summed E-state index contributed by atoms with van der Waals surface area (Å²) in [4.78, 5) is 25.1. The topological polar surface area (TPSA) is 75.0 Å². The summed E-state index contributed by atoms with van der Waals surface area (Å²) in [5.74, 6) is 1.90. The SMILES string of the molecule is COc1cccc(C(=O)Oc2ccc3c(c2C)O/C(=C\c2ccc(C)o2)C3=O)c1. The molecule has 6 heteroatoms. The first-order valence-electron chi connectivity index (χ1n) is 8.97. The maximum Gasteiger partial charge on any atom is 0.343 e. The molecule has 2 aromatic carbocycles. The van der Waals surface area contributed by atoms with Crippen LogP contribution in [0.5, 0.6) is 17.2 Å². The van der Waals surface area contributed by atoms with Crippen molar-refractivity contribution in [1.29, 1.82) is 0 Å². The van der Waals surface area contributed by atoms with Gasteiger partial charge in [0.15, 0.2) is 5.76 Å². The Morgan fingerprint density at radius 1 is 1.07 bits per heavy atom. The zero-order valence-electron chi connectivity index (χ0n) is 16.1. The van der Waals surface area contributed by atoms with E-state index in [1.54, 1.807) is 61.5 Å². The van der Waals surface area contributed by atoms with E-state index in [1.807, 2.05) is 6.92 Å². The van der Waals surface area contributed by atoms with Crippen molar-refractivity contribution >= 4 is 17.8 Å². The highest BCUT2D eigenvalue weighted by molar-refractivity contribution is 6.14. The molecule has 0 unspecified atom stereocenters. The van der Waals surface area contributed by atoms with Crippen LogP contribution in [-0.4, -0.2) is 18.9 Å². The van der Waals surface area contributed by atoms with Crippen LogP contribution in [0.1, 0.15) is 37.8 Å². The Bertz CT molecular complexity index is 1150. The lowest BCUT2D eigenvalue weighted by molar-refractivity contribution is 0.0732. The number of hydrogen-bond acceptors (Lipinski definition) is 6. The third-order valence-corrected chi connectivity index (χ3v) is 4.58. The summed E-state index contributed by atoms with van der Waals surface area (Å²) in [5, 5.41) is 0. The fraction of sp³-hybridized carbons (Fsp3) is 0.130. The van der Waals surface area contributed by atoms with Crippen LogP contribution < -0.4 is 14.2 Å². The number of esters is 1. The monoisotopic (exact) mass is 390 g/mol. The van der Waals surface area contributed by atoms with Crippen LogP contribution >= 0.6 is 0 Å². The quantitative estimate of drug-likeness (QED) is 0.364. The molecule has 0 N–H and O–H groups in total. The lowest BCUT2D eigenvalue weighted by atomic mass is 10.1. The lowest BCUT2D eigenvalue weighted by Crippen LogP contribution is -2.09. The number of carbonyl (C=O) groups excluding carboxylic acids is 2. The molecule has 0 saturated carbocycles. The van der Waals surface area contributed by atoms with E-state index in [-0.39, 0.29) is 11.5 Å². The molecule has 0 amide bonds. The Labute approximate surface area is 167 Å². The first kappa shape index (κ1) is 18.6. The van der Waals surface area contributed by atoms with Crippen molar-refractivity contribution in [3.63, 3.8) is 0 Å². The number of benzene rings is 2. The van der Waals surface area contributed by atoms with Crippen LogP contribution in [0.25, 0.3) is 6.08 Å². The van der Waals surface area contributed by atoms with Gasteiger partial charge in [-0.25, -0.2) is 4.79 Å². The minimum absolute atomic E-state index is 0.161. The summed E-state index contributed by atoms with van der Waals surface area (Å²) in [7, 11) is 1.53. The number of aryl methyl sites for hydroxylation is 1. The smallest absolute Gasteiger partial charge is 0.343 e. The van der Waals surface area contributed by atoms with Gasteiger partial charge in [0.1, 0.15) is 28.8 Å². The number of allylic oxidation sites excluding steroid dienone is 1. The highest BCUT2D eigenvalue weighted by Gasteiger charge is 2.31. The predicted octanol–water partition coefficient (Wildman–Crippen LogP) is 4.74. The summed E-state index contributed by atoms with van der Waals surface area (Å²) in [6.45, 7) is 3.56. The Kier molecular flexibility index (Phi) is 4.68. The normalized spacial score (nSPS) is 13.9. The number of rotatable bonds is 4. The first-order valence-corrected chi connectivity index (χ1v) is 8.97. The Hall–Kier alpha value is -3.80. The van der Waals surface area contributed by atoms with Gasteiger partial charge in [-0.15, -0.1) is 0 Å². The molecule has 0 saturated heterocycles. The van der Waals surface area contributed by atoms with Gasteiger partial charge in [0.2, 0.25) is 5.78 Å². The van der Waals surface area contributed by atoms with Crippen LogP contribution in [0, 0.1) is 13.8 Å². The predicted molar refractivity (Wildman–Crippen MR) is 106 cm³/mol. The molecule has 1 aliphatic rings. The highest BCUT2D eigenvalue weighted by atomic mass is 16.5. The van der Waals surface area contributed by atoms with Crippen molar-refractivity contribution in [3.05, 3.63) is 82.5 Å². The van der Waals surface area contributed by atoms with Crippen LogP contribution in [0.4, 0.5) is 0 Å². The van der Waals surface area contributed by atoms with Crippen LogP contribution in [0.3, 0.4) is 0 Å².